The van der Waals surface area contributed by atoms with Gasteiger partial charge < -0.3 is 15.5 Å². The molecule has 0 radical (unpaired) electrons. The van der Waals surface area contributed by atoms with Crippen molar-refractivity contribution in [3.05, 3.63) is 0 Å². The van der Waals surface area contributed by atoms with Crippen molar-refractivity contribution in [1.29, 1.82) is 0 Å². The van der Waals surface area contributed by atoms with Gasteiger partial charge in [-0.05, 0) is 26.3 Å². The highest BCUT2D eigenvalue weighted by Gasteiger charge is 2.37. The zero-order chi connectivity index (χ0) is 10.8. The van der Waals surface area contributed by atoms with Crippen LogP contribution < -0.4 is 5.73 Å². The maximum atomic E-state index is 11.8. The van der Waals surface area contributed by atoms with Gasteiger partial charge in [0, 0.05) is 38.1 Å². The molecule has 0 bridgehead atoms. The summed E-state index contributed by atoms with van der Waals surface area (Å²) in [6, 6.07) is 0.524. The van der Waals surface area contributed by atoms with Gasteiger partial charge in [-0.3, -0.25) is 4.79 Å². The van der Waals surface area contributed by atoms with E-state index in [9.17, 15) is 4.79 Å². The molecule has 0 aromatic rings. The molecule has 4 nitrogen and oxygen atoms in total. The number of hydrogen-bond donors (Lipinski definition) is 1. The molecule has 1 saturated carbocycles. The first-order valence-corrected chi connectivity index (χ1v) is 5.91. The van der Waals surface area contributed by atoms with Gasteiger partial charge in [0.2, 0.25) is 5.91 Å². The van der Waals surface area contributed by atoms with Crippen LogP contribution in [0.25, 0.3) is 0 Å². The molecule has 0 aromatic heterocycles. The Kier molecular flexibility index (Phi) is 3.26. The van der Waals surface area contributed by atoms with E-state index in [2.05, 4.69) is 11.9 Å². The van der Waals surface area contributed by atoms with Gasteiger partial charge in [0.1, 0.15) is 0 Å². The Balaban J connectivity index is 1.80. The molecular weight excluding hydrogens is 190 g/mol. The molecule has 0 aromatic carbocycles. The summed E-state index contributed by atoms with van der Waals surface area (Å²) in [6.07, 6.45) is 3.33. The molecule has 1 unspecified atom stereocenters. The van der Waals surface area contributed by atoms with Crippen molar-refractivity contribution >= 4 is 5.91 Å². The van der Waals surface area contributed by atoms with Crippen LogP contribution in [0.4, 0.5) is 0 Å². The minimum atomic E-state index is 0.364. The molecule has 2 fully saturated rings. The highest BCUT2D eigenvalue weighted by molar-refractivity contribution is 5.81. The number of nitrogens with two attached hydrogens (primary N) is 1. The fourth-order valence-electron chi connectivity index (χ4n) is 2.28. The lowest BCUT2D eigenvalue weighted by molar-refractivity contribution is -0.131. The molecule has 2 rings (SSSR count). The molecule has 1 amide bonds. The van der Waals surface area contributed by atoms with Gasteiger partial charge in [0.05, 0.1) is 0 Å². The second-order valence-electron chi connectivity index (χ2n) is 4.77. The van der Waals surface area contributed by atoms with Crippen LogP contribution in [0.1, 0.15) is 19.3 Å². The Morgan fingerprint density at radius 1 is 1.47 bits per heavy atom. The van der Waals surface area contributed by atoms with Crippen LogP contribution in [0.5, 0.6) is 0 Å². The number of nitrogens with zero attached hydrogens (tertiary/aromatic N) is 2. The molecule has 2 aliphatic rings. The third-order valence-corrected chi connectivity index (χ3v) is 3.51. The Morgan fingerprint density at radius 3 is 2.80 bits per heavy atom. The van der Waals surface area contributed by atoms with Crippen LogP contribution in [0.3, 0.4) is 0 Å². The van der Waals surface area contributed by atoms with E-state index < -0.39 is 0 Å². The highest BCUT2D eigenvalue weighted by atomic mass is 16.2. The van der Waals surface area contributed by atoms with Crippen molar-refractivity contribution in [3.63, 3.8) is 0 Å². The van der Waals surface area contributed by atoms with Crippen molar-refractivity contribution in [2.45, 2.75) is 25.3 Å². The molecule has 0 spiro atoms. The number of carbonyl (C=O) groups excluding carboxylic acids is 1. The zero-order valence-electron chi connectivity index (χ0n) is 9.48. The van der Waals surface area contributed by atoms with Crippen LogP contribution >= 0.6 is 0 Å². The largest absolute Gasteiger partial charge is 0.341 e. The Bertz CT molecular complexity index is 240. The summed E-state index contributed by atoms with van der Waals surface area (Å²) in [7, 11) is 2.10. The fourth-order valence-corrected chi connectivity index (χ4v) is 2.28. The maximum absolute atomic E-state index is 11.8. The summed E-state index contributed by atoms with van der Waals surface area (Å²) in [5.74, 6) is 0.752. The van der Waals surface area contributed by atoms with Gasteiger partial charge in [-0.2, -0.15) is 0 Å². The van der Waals surface area contributed by atoms with E-state index in [-0.39, 0.29) is 0 Å². The van der Waals surface area contributed by atoms with Crippen LogP contribution in [-0.2, 0) is 4.79 Å². The van der Waals surface area contributed by atoms with Gasteiger partial charge >= 0.3 is 0 Å². The van der Waals surface area contributed by atoms with Gasteiger partial charge in [0.25, 0.3) is 0 Å². The second-order valence-corrected chi connectivity index (χ2v) is 4.77. The number of rotatable bonds is 4. The van der Waals surface area contributed by atoms with E-state index in [4.69, 9.17) is 5.73 Å². The lowest BCUT2D eigenvalue weighted by atomic mass is 10.2. The topological polar surface area (TPSA) is 49.6 Å². The maximum Gasteiger partial charge on any atom is 0.225 e. The Morgan fingerprint density at radius 2 is 2.20 bits per heavy atom. The Hall–Kier alpha value is -0.610. The van der Waals surface area contributed by atoms with Gasteiger partial charge in [0.15, 0.2) is 0 Å². The Labute approximate surface area is 91.4 Å². The zero-order valence-corrected chi connectivity index (χ0v) is 9.48. The van der Waals surface area contributed by atoms with Gasteiger partial charge in [-0.25, -0.2) is 0 Å². The third kappa shape index (κ3) is 2.49. The molecule has 1 saturated heterocycles. The van der Waals surface area contributed by atoms with Gasteiger partial charge in [-0.1, -0.05) is 0 Å². The van der Waals surface area contributed by atoms with E-state index in [1.807, 2.05) is 4.90 Å². The number of carbonyl (C=O) groups is 1. The quantitative estimate of drug-likeness (QED) is 0.706. The lowest BCUT2D eigenvalue weighted by Crippen LogP contribution is -2.39. The van der Waals surface area contributed by atoms with Crippen molar-refractivity contribution in [3.8, 4) is 0 Å². The summed E-state index contributed by atoms with van der Waals surface area (Å²) in [5, 5.41) is 0. The van der Waals surface area contributed by atoms with E-state index in [0.717, 1.165) is 38.9 Å². The summed E-state index contributed by atoms with van der Waals surface area (Å²) in [6.45, 7) is 3.47. The summed E-state index contributed by atoms with van der Waals surface area (Å²) in [5.41, 5.74) is 5.53. The average molecular weight is 211 g/mol. The minimum Gasteiger partial charge on any atom is -0.341 e. The van der Waals surface area contributed by atoms with Crippen molar-refractivity contribution in [1.82, 2.24) is 9.80 Å². The monoisotopic (exact) mass is 211 g/mol. The number of hydrogen-bond acceptors (Lipinski definition) is 3. The van der Waals surface area contributed by atoms with E-state index in [0.29, 0.717) is 24.4 Å². The molecule has 1 heterocycles. The first-order valence-electron chi connectivity index (χ1n) is 5.91. The molecule has 1 atom stereocenters. The van der Waals surface area contributed by atoms with Crippen LogP contribution in [0.15, 0.2) is 0 Å². The fraction of sp³-hybridized carbons (Fsp3) is 0.909. The molecule has 1 aliphatic carbocycles. The van der Waals surface area contributed by atoms with Crippen molar-refractivity contribution in [2.24, 2.45) is 11.7 Å². The van der Waals surface area contributed by atoms with Gasteiger partial charge in [-0.15, -0.1) is 0 Å². The highest BCUT2D eigenvalue weighted by Crippen LogP contribution is 2.32. The minimum absolute atomic E-state index is 0.364. The summed E-state index contributed by atoms with van der Waals surface area (Å²) < 4.78 is 0. The van der Waals surface area contributed by atoms with Crippen LogP contribution in [0, 0.1) is 5.92 Å². The van der Waals surface area contributed by atoms with E-state index in [1.54, 1.807) is 0 Å². The SMILES string of the molecule is CN(CCN)C1CCN(C(=O)C2CC2)C1. The molecular formula is C11H21N3O. The van der Waals surface area contributed by atoms with Crippen LogP contribution in [0.2, 0.25) is 0 Å². The standard InChI is InChI=1S/C11H21N3O/c1-13(7-5-12)10-4-6-14(8-10)11(15)9-2-3-9/h9-10H,2-8,12H2,1H3. The average Bonchev–Trinajstić information content (AvgIpc) is 2.95. The molecule has 4 heteroatoms. The number of amides is 1. The molecule has 2 N–H and O–H groups in total. The number of likely N-dealkylation sites (tertiary alicyclic amines) is 1. The van der Waals surface area contributed by atoms with Crippen LogP contribution in [-0.4, -0.2) is 55.0 Å². The lowest BCUT2D eigenvalue weighted by Gasteiger charge is -2.23. The summed E-state index contributed by atoms with van der Waals surface area (Å²) >= 11 is 0. The first kappa shape index (κ1) is 10.9. The number of likely N-dealkylation sites (N-methyl/N-ethyl adjacent to an activating group) is 1. The normalized spacial score (nSPS) is 26.3. The first-order chi connectivity index (χ1) is 7.22. The molecule has 15 heavy (non-hydrogen) atoms. The van der Waals surface area contributed by atoms with Crippen molar-refractivity contribution in [2.75, 3.05) is 33.2 Å². The second kappa shape index (κ2) is 4.49. The smallest absolute Gasteiger partial charge is 0.225 e. The van der Waals surface area contributed by atoms with Crippen molar-refractivity contribution < 1.29 is 4.79 Å². The molecule has 86 valence electrons. The van der Waals surface area contributed by atoms with E-state index >= 15 is 0 Å². The summed E-state index contributed by atoms with van der Waals surface area (Å²) in [4.78, 5) is 16.1. The predicted octanol–water partition coefficient (Wildman–Crippen LogP) is -0.112. The third-order valence-electron chi connectivity index (χ3n) is 3.51. The molecule has 1 aliphatic heterocycles. The van der Waals surface area contributed by atoms with E-state index in [1.165, 1.54) is 0 Å². The predicted molar refractivity (Wildman–Crippen MR) is 59.4 cm³/mol.